The SMILES string of the molecule is COc1c(N2CCN(Cc3cn(CCCC(O)(P(=O)(O)O)P(=O)(O)O)nn3)C(C)C2)c(F)cc2c(=O)c(C(=O)O)cn(C3CC3)c12. The van der Waals surface area contributed by atoms with Crippen LogP contribution in [0.3, 0.4) is 0 Å². The van der Waals surface area contributed by atoms with E-state index in [-0.39, 0.29) is 41.9 Å². The molecular weight excluding hydrogens is 653 g/mol. The molecule has 1 saturated heterocycles. The molecule has 6 N–H and O–H groups in total. The van der Waals surface area contributed by atoms with E-state index in [1.807, 2.05) is 11.8 Å². The zero-order chi connectivity index (χ0) is 33.8. The van der Waals surface area contributed by atoms with Crippen LogP contribution in [0.5, 0.6) is 5.75 Å². The van der Waals surface area contributed by atoms with E-state index >= 15 is 4.39 Å². The molecule has 1 unspecified atom stereocenters. The lowest BCUT2D eigenvalue weighted by atomic mass is 10.1. The van der Waals surface area contributed by atoms with Crippen molar-refractivity contribution in [1.29, 1.82) is 0 Å². The number of ether oxygens (including phenoxy) is 1. The van der Waals surface area contributed by atoms with Gasteiger partial charge < -0.3 is 44.0 Å². The number of anilines is 1. The van der Waals surface area contributed by atoms with E-state index in [1.165, 1.54) is 18.0 Å². The van der Waals surface area contributed by atoms with Crippen molar-refractivity contribution in [1.82, 2.24) is 24.5 Å². The summed E-state index contributed by atoms with van der Waals surface area (Å²) in [5.74, 6) is -1.94. The Morgan fingerprint density at radius 1 is 1.15 bits per heavy atom. The first kappa shape index (κ1) is 34.1. The second-order valence-corrected chi connectivity index (χ2v) is 15.7. The predicted molar refractivity (Wildman–Crippen MR) is 160 cm³/mol. The summed E-state index contributed by atoms with van der Waals surface area (Å²) in [6.07, 6.45) is 3.37. The first-order chi connectivity index (χ1) is 21.5. The number of carboxylic acids is 1. The number of aromatic nitrogens is 4. The maximum Gasteiger partial charge on any atom is 0.369 e. The molecule has 3 heterocycles. The number of hydrogen-bond acceptors (Lipinski definition) is 10. The standard InChI is InChI=1S/C26H35FN6O11P2/c1-15-11-31(22-20(27)10-18-21(24(22)44-2)33(17-4-5-17)14-19(23(18)34)25(35)36)9-8-30(15)12-16-13-32(29-28-16)7-3-6-26(37,45(38,39)40)46(41,42)43/h10,13-15,17,37H,3-9,11-12H2,1-2H3,(H,35,36)(H2,38,39,40)(H2,41,42,43). The Balaban J connectivity index is 1.30. The number of benzene rings is 1. The lowest BCUT2D eigenvalue weighted by Crippen LogP contribution is -2.51. The summed E-state index contributed by atoms with van der Waals surface area (Å²) in [4.78, 5) is 65.9. The van der Waals surface area contributed by atoms with Gasteiger partial charge in [0, 0.05) is 63.6 Å². The third-order valence-electron chi connectivity index (χ3n) is 8.44. The minimum absolute atomic E-state index is 0.0269. The van der Waals surface area contributed by atoms with Gasteiger partial charge in [0.2, 0.25) is 5.43 Å². The van der Waals surface area contributed by atoms with Crippen LogP contribution in [-0.4, -0.2) is 98.1 Å². The fourth-order valence-corrected chi connectivity index (χ4v) is 8.08. The summed E-state index contributed by atoms with van der Waals surface area (Å²) in [5.41, 5.74) is -0.152. The van der Waals surface area contributed by atoms with Crippen molar-refractivity contribution in [2.45, 2.75) is 62.9 Å². The van der Waals surface area contributed by atoms with Crippen LogP contribution in [0.4, 0.5) is 10.1 Å². The molecule has 5 rings (SSSR count). The van der Waals surface area contributed by atoms with Crippen LogP contribution in [0.1, 0.15) is 54.7 Å². The van der Waals surface area contributed by atoms with Gasteiger partial charge in [0.05, 0.1) is 23.7 Å². The predicted octanol–water partition coefficient (Wildman–Crippen LogP) is 1.27. The summed E-state index contributed by atoms with van der Waals surface area (Å²) >= 11 is 0. The number of pyridine rings is 1. The first-order valence-corrected chi connectivity index (χ1v) is 17.6. The second kappa shape index (κ2) is 12.4. The highest BCUT2D eigenvalue weighted by molar-refractivity contribution is 7.72. The molecule has 1 saturated carbocycles. The van der Waals surface area contributed by atoms with E-state index < -0.39 is 49.5 Å². The monoisotopic (exact) mass is 688 g/mol. The van der Waals surface area contributed by atoms with Gasteiger partial charge in [-0.15, -0.1) is 5.10 Å². The summed E-state index contributed by atoms with van der Waals surface area (Å²) < 4.78 is 47.6. The molecular formula is C26H35FN6O11P2. The molecule has 2 aromatic heterocycles. The number of piperazine rings is 1. The van der Waals surface area contributed by atoms with Gasteiger partial charge in [-0.25, -0.2) is 9.18 Å². The van der Waals surface area contributed by atoms with Crippen LogP contribution in [0.15, 0.2) is 23.3 Å². The lowest BCUT2D eigenvalue weighted by molar-refractivity contribution is 0.0694. The van der Waals surface area contributed by atoms with Gasteiger partial charge in [-0.05, 0) is 32.3 Å². The van der Waals surface area contributed by atoms with Crippen LogP contribution in [0.2, 0.25) is 0 Å². The Labute approximate surface area is 261 Å². The molecule has 252 valence electrons. The Hall–Kier alpha value is -3.21. The van der Waals surface area contributed by atoms with Gasteiger partial charge in [-0.1, -0.05) is 5.21 Å². The van der Waals surface area contributed by atoms with E-state index in [1.54, 1.807) is 10.8 Å². The van der Waals surface area contributed by atoms with Crippen molar-refractivity contribution in [3.8, 4) is 5.75 Å². The smallest absolute Gasteiger partial charge is 0.369 e. The molecule has 1 aliphatic carbocycles. The van der Waals surface area contributed by atoms with Gasteiger partial charge in [0.1, 0.15) is 11.3 Å². The largest absolute Gasteiger partial charge is 0.492 e. The molecule has 20 heteroatoms. The number of hydrogen-bond donors (Lipinski definition) is 6. The lowest BCUT2D eigenvalue weighted by Gasteiger charge is -2.41. The number of rotatable bonds is 12. The zero-order valence-electron chi connectivity index (χ0n) is 24.9. The van der Waals surface area contributed by atoms with Gasteiger partial charge in [-0.2, -0.15) is 0 Å². The van der Waals surface area contributed by atoms with E-state index in [0.29, 0.717) is 37.4 Å². The summed E-state index contributed by atoms with van der Waals surface area (Å²) in [5, 5.41) is 24.1. The minimum Gasteiger partial charge on any atom is -0.492 e. The molecule has 0 bridgehead atoms. The first-order valence-electron chi connectivity index (χ1n) is 14.4. The Morgan fingerprint density at radius 2 is 1.83 bits per heavy atom. The molecule has 0 radical (unpaired) electrons. The summed E-state index contributed by atoms with van der Waals surface area (Å²) in [7, 11) is -9.72. The van der Waals surface area contributed by atoms with Crippen molar-refractivity contribution < 1.29 is 52.8 Å². The molecule has 46 heavy (non-hydrogen) atoms. The maximum absolute atomic E-state index is 15.7. The number of methoxy groups -OCH3 is 1. The normalized spacial score (nSPS) is 18.3. The van der Waals surface area contributed by atoms with Crippen LogP contribution in [0, 0.1) is 5.82 Å². The number of carbonyl (C=O) groups is 1. The van der Waals surface area contributed by atoms with Gasteiger partial charge in [-0.3, -0.25) is 23.5 Å². The fraction of sp³-hybridized carbons (Fsp3) is 0.538. The molecule has 2 aliphatic rings. The highest BCUT2D eigenvalue weighted by Crippen LogP contribution is 2.69. The van der Waals surface area contributed by atoms with Gasteiger partial charge in [0.15, 0.2) is 11.6 Å². The van der Waals surface area contributed by atoms with Crippen LogP contribution in [0.25, 0.3) is 10.9 Å². The highest BCUT2D eigenvalue weighted by Gasteiger charge is 2.58. The number of aryl methyl sites for hydroxylation is 1. The molecule has 1 aromatic carbocycles. The van der Waals surface area contributed by atoms with Crippen LogP contribution >= 0.6 is 15.2 Å². The number of nitrogens with zero attached hydrogens (tertiary/aromatic N) is 6. The second-order valence-electron chi connectivity index (χ2n) is 11.7. The molecule has 1 aliphatic heterocycles. The summed E-state index contributed by atoms with van der Waals surface area (Å²) in [6.45, 7) is 3.48. The number of halogens is 1. The number of carboxylic acid groups (broad SMARTS) is 1. The van der Waals surface area contributed by atoms with E-state index in [2.05, 4.69) is 15.2 Å². The number of aliphatic hydroxyl groups is 1. The van der Waals surface area contributed by atoms with E-state index in [4.69, 9.17) is 4.74 Å². The Morgan fingerprint density at radius 3 is 2.39 bits per heavy atom. The van der Waals surface area contributed by atoms with Crippen molar-refractivity contribution >= 4 is 37.8 Å². The Kier molecular flexibility index (Phi) is 9.22. The molecule has 0 amide bonds. The Bertz CT molecular complexity index is 1800. The van der Waals surface area contributed by atoms with Crippen LogP contribution in [-0.2, 0) is 22.2 Å². The molecule has 3 aromatic rings. The molecule has 0 spiro atoms. The van der Waals surface area contributed by atoms with Crippen molar-refractivity contribution in [3.05, 3.63) is 45.8 Å². The fourth-order valence-electron chi connectivity index (χ4n) is 5.82. The van der Waals surface area contributed by atoms with Crippen molar-refractivity contribution in [3.63, 3.8) is 0 Å². The highest BCUT2D eigenvalue weighted by atomic mass is 31.2. The number of aromatic carboxylic acids is 1. The van der Waals surface area contributed by atoms with Crippen molar-refractivity contribution in [2.24, 2.45) is 0 Å². The average molecular weight is 689 g/mol. The molecule has 2 fully saturated rings. The minimum atomic E-state index is -5.55. The molecule has 1 atom stereocenters. The van der Waals surface area contributed by atoms with Crippen molar-refractivity contribution in [2.75, 3.05) is 31.6 Å². The molecule has 17 nitrogen and oxygen atoms in total. The number of fused-ring (bicyclic) bond motifs is 1. The zero-order valence-corrected chi connectivity index (χ0v) is 26.7. The summed E-state index contributed by atoms with van der Waals surface area (Å²) in [6, 6.07) is 0.928. The third kappa shape index (κ3) is 6.36. The van der Waals surface area contributed by atoms with E-state index in [0.717, 1.165) is 18.9 Å². The van der Waals surface area contributed by atoms with Gasteiger partial charge >= 0.3 is 21.2 Å². The van der Waals surface area contributed by atoms with Gasteiger partial charge in [0.25, 0.3) is 5.08 Å². The average Bonchev–Trinajstić information content (AvgIpc) is 3.71. The quantitative estimate of drug-likeness (QED) is 0.147. The van der Waals surface area contributed by atoms with E-state index in [9.17, 15) is 48.5 Å². The topological polar surface area (TPSA) is 241 Å². The third-order valence-corrected chi connectivity index (χ3v) is 12.3. The maximum atomic E-state index is 15.7. The van der Waals surface area contributed by atoms with Crippen LogP contribution < -0.4 is 15.1 Å².